The lowest BCUT2D eigenvalue weighted by atomic mass is 10.3. The molecule has 3 aromatic rings. The van der Waals surface area contributed by atoms with Crippen molar-refractivity contribution in [1.29, 1.82) is 0 Å². The highest BCUT2D eigenvalue weighted by Crippen LogP contribution is 2.22. The second-order valence-corrected chi connectivity index (χ2v) is 3.57. The molecule has 0 radical (unpaired) electrons. The van der Waals surface area contributed by atoms with Crippen LogP contribution >= 0.6 is 0 Å². The summed E-state index contributed by atoms with van der Waals surface area (Å²) < 4.78 is 1.99. The number of imidazole rings is 2. The number of aromatic amines is 1. The van der Waals surface area contributed by atoms with E-state index in [4.69, 9.17) is 5.73 Å². The summed E-state index contributed by atoms with van der Waals surface area (Å²) in [7, 11) is 0. The molecule has 0 aromatic carbocycles. The van der Waals surface area contributed by atoms with Gasteiger partial charge in [0.15, 0.2) is 11.5 Å². The van der Waals surface area contributed by atoms with Gasteiger partial charge >= 0.3 is 0 Å². The number of rotatable bonds is 2. The number of nitrogen functional groups attached to an aromatic ring is 1. The van der Waals surface area contributed by atoms with Gasteiger partial charge < -0.3 is 15.3 Å². The number of anilines is 1. The van der Waals surface area contributed by atoms with Crippen molar-refractivity contribution < 1.29 is 0 Å². The number of nitrogens with zero attached hydrogens (tertiary/aromatic N) is 5. The number of hydrogen-bond donors (Lipinski definition) is 2. The Balaban J connectivity index is 2.32. The van der Waals surface area contributed by atoms with Crippen LogP contribution in [0.5, 0.6) is 0 Å². The summed E-state index contributed by atoms with van der Waals surface area (Å²) in [6, 6.07) is 0. The Labute approximate surface area is 96.7 Å². The van der Waals surface area contributed by atoms with E-state index in [0.717, 1.165) is 17.9 Å². The summed E-state index contributed by atoms with van der Waals surface area (Å²) in [5, 5.41) is 0. The lowest BCUT2D eigenvalue weighted by molar-refractivity contribution is 0.768. The molecular formula is C10H11N7. The zero-order valence-corrected chi connectivity index (χ0v) is 9.25. The van der Waals surface area contributed by atoms with Gasteiger partial charge in [0, 0.05) is 18.9 Å². The number of nitrogens with two attached hydrogens (primary N) is 1. The van der Waals surface area contributed by atoms with Gasteiger partial charge in [-0.15, -0.1) is 0 Å². The van der Waals surface area contributed by atoms with Gasteiger partial charge in [-0.1, -0.05) is 0 Å². The van der Waals surface area contributed by atoms with Gasteiger partial charge in [-0.25, -0.2) is 15.0 Å². The van der Waals surface area contributed by atoms with E-state index < -0.39 is 0 Å². The average molecular weight is 229 g/mol. The molecule has 0 aliphatic heterocycles. The fraction of sp³-hybridized carbons (Fsp3) is 0.200. The average Bonchev–Trinajstić information content (AvgIpc) is 2.95. The molecule has 0 spiro atoms. The van der Waals surface area contributed by atoms with Crippen molar-refractivity contribution in [1.82, 2.24) is 29.5 Å². The van der Waals surface area contributed by atoms with Crippen LogP contribution in [0.2, 0.25) is 0 Å². The van der Waals surface area contributed by atoms with E-state index in [-0.39, 0.29) is 5.95 Å². The fourth-order valence-corrected chi connectivity index (χ4v) is 1.79. The molecule has 3 heterocycles. The maximum absolute atomic E-state index is 5.67. The minimum atomic E-state index is 0.199. The Morgan fingerprint density at radius 3 is 3.06 bits per heavy atom. The molecular weight excluding hydrogens is 218 g/mol. The fourth-order valence-electron chi connectivity index (χ4n) is 1.79. The minimum absolute atomic E-state index is 0.199. The van der Waals surface area contributed by atoms with Crippen LogP contribution in [0.3, 0.4) is 0 Å². The third kappa shape index (κ3) is 1.43. The summed E-state index contributed by atoms with van der Waals surface area (Å²) in [5.74, 6) is 0.959. The first-order valence-electron chi connectivity index (χ1n) is 5.27. The Bertz CT molecular complexity index is 666. The molecule has 0 aliphatic carbocycles. The monoisotopic (exact) mass is 229 g/mol. The van der Waals surface area contributed by atoms with Crippen LogP contribution in [-0.4, -0.2) is 29.5 Å². The van der Waals surface area contributed by atoms with Crippen molar-refractivity contribution in [2.45, 2.75) is 13.5 Å². The van der Waals surface area contributed by atoms with Crippen LogP contribution in [0.25, 0.3) is 22.7 Å². The Hall–Kier alpha value is -2.44. The number of aromatic nitrogens is 6. The highest BCUT2D eigenvalue weighted by atomic mass is 15.1. The highest BCUT2D eigenvalue weighted by molar-refractivity contribution is 5.85. The maximum atomic E-state index is 5.67. The highest BCUT2D eigenvalue weighted by Gasteiger charge is 2.14. The maximum Gasteiger partial charge on any atom is 0.222 e. The molecule has 17 heavy (non-hydrogen) atoms. The van der Waals surface area contributed by atoms with E-state index in [9.17, 15) is 0 Å². The SMILES string of the molecule is CCn1ccnc1-c1nc(N)nc2nc[nH]c12. The van der Waals surface area contributed by atoms with Gasteiger partial charge in [-0.05, 0) is 6.92 Å². The molecule has 3 aromatic heterocycles. The second kappa shape index (κ2) is 3.55. The van der Waals surface area contributed by atoms with Crippen LogP contribution in [0.4, 0.5) is 5.95 Å². The van der Waals surface area contributed by atoms with Gasteiger partial charge in [0.05, 0.1) is 6.33 Å². The van der Waals surface area contributed by atoms with E-state index in [1.165, 1.54) is 0 Å². The Morgan fingerprint density at radius 1 is 1.35 bits per heavy atom. The molecule has 3 rings (SSSR count). The van der Waals surface area contributed by atoms with Crippen molar-refractivity contribution in [2.24, 2.45) is 0 Å². The zero-order valence-electron chi connectivity index (χ0n) is 9.25. The van der Waals surface area contributed by atoms with Gasteiger partial charge in [0.25, 0.3) is 0 Å². The zero-order chi connectivity index (χ0) is 11.8. The largest absolute Gasteiger partial charge is 0.368 e. The van der Waals surface area contributed by atoms with Gasteiger partial charge in [-0.2, -0.15) is 4.98 Å². The summed E-state index contributed by atoms with van der Waals surface area (Å²) in [4.78, 5) is 19.7. The molecule has 0 amide bonds. The van der Waals surface area contributed by atoms with Crippen LogP contribution in [0.15, 0.2) is 18.7 Å². The van der Waals surface area contributed by atoms with Crippen molar-refractivity contribution >= 4 is 17.1 Å². The standard InChI is InChI=1S/C10H11N7/c1-2-17-4-3-12-9(17)7-6-8(14-5-13-6)16-10(11)15-7/h3-5H,2H2,1H3,(H3,11,13,14,15,16). The first kappa shape index (κ1) is 9.76. The van der Waals surface area contributed by atoms with Crippen molar-refractivity contribution in [3.05, 3.63) is 18.7 Å². The molecule has 7 nitrogen and oxygen atoms in total. The van der Waals surface area contributed by atoms with Crippen LogP contribution in [-0.2, 0) is 6.54 Å². The third-order valence-electron chi connectivity index (χ3n) is 2.57. The Kier molecular flexibility index (Phi) is 2.04. The van der Waals surface area contributed by atoms with Gasteiger partial charge in [0.2, 0.25) is 5.95 Å². The summed E-state index contributed by atoms with van der Waals surface area (Å²) in [6.07, 6.45) is 5.21. The first-order chi connectivity index (χ1) is 8.29. The van der Waals surface area contributed by atoms with Crippen LogP contribution < -0.4 is 5.73 Å². The normalized spacial score (nSPS) is 11.1. The van der Waals surface area contributed by atoms with Crippen LogP contribution in [0, 0.1) is 0 Å². The molecule has 0 unspecified atom stereocenters. The van der Waals surface area contributed by atoms with Gasteiger partial charge in [0.1, 0.15) is 11.2 Å². The minimum Gasteiger partial charge on any atom is -0.368 e. The summed E-state index contributed by atoms with van der Waals surface area (Å²) >= 11 is 0. The van der Waals surface area contributed by atoms with Crippen molar-refractivity contribution in [2.75, 3.05) is 5.73 Å². The molecule has 0 fully saturated rings. The van der Waals surface area contributed by atoms with Crippen molar-refractivity contribution in [3.8, 4) is 11.5 Å². The van der Waals surface area contributed by atoms with E-state index in [2.05, 4.69) is 24.9 Å². The summed E-state index contributed by atoms with van der Waals surface area (Å²) in [6.45, 7) is 2.86. The molecule has 0 bridgehead atoms. The molecule has 0 aliphatic rings. The van der Waals surface area contributed by atoms with E-state index in [1.807, 2.05) is 17.7 Å². The smallest absolute Gasteiger partial charge is 0.222 e. The van der Waals surface area contributed by atoms with Gasteiger partial charge in [-0.3, -0.25) is 0 Å². The molecule has 86 valence electrons. The third-order valence-corrected chi connectivity index (χ3v) is 2.57. The Morgan fingerprint density at radius 2 is 2.24 bits per heavy atom. The quantitative estimate of drug-likeness (QED) is 0.677. The van der Waals surface area contributed by atoms with Crippen LogP contribution in [0.1, 0.15) is 6.92 Å². The lowest BCUT2D eigenvalue weighted by Gasteiger charge is -2.05. The topological polar surface area (TPSA) is 98.3 Å². The molecule has 7 heteroatoms. The molecule has 0 saturated carbocycles. The molecule has 0 atom stereocenters. The lowest BCUT2D eigenvalue weighted by Crippen LogP contribution is -2.02. The van der Waals surface area contributed by atoms with E-state index >= 15 is 0 Å². The summed E-state index contributed by atoms with van der Waals surface area (Å²) in [5.41, 5.74) is 7.65. The predicted octanol–water partition coefficient (Wildman–Crippen LogP) is 0.818. The number of aryl methyl sites for hydroxylation is 1. The molecule has 3 N–H and O–H groups in total. The number of hydrogen-bond acceptors (Lipinski definition) is 5. The predicted molar refractivity (Wildman–Crippen MR) is 63.0 cm³/mol. The number of nitrogens with one attached hydrogen (secondary N) is 1. The molecule has 0 saturated heterocycles. The van der Waals surface area contributed by atoms with Crippen molar-refractivity contribution in [3.63, 3.8) is 0 Å². The number of H-pyrrole nitrogens is 1. The second-order valence-electron chi connectivity index (χ2n) is 3.57. The first-order valence-corrected chi connectivity index (χ1v) is 5.27. The number of fused-ring (bicyclic) bond motifs is 1. The van der Waals surface area contributed by atoms with E-state index in [0.29, 0.717) is 11.3 Å². The van der Waals surface area contributed by atoms with E-state index in [1.54, 1.807) is 12.5 Å².